The smallest absolute Gasteiger partial charge is 0.325 e. The highest BCUT2D eigenvalue weighted by atomic mass is 35.5. The van der Waals surface area contributed by atoms with Gasteiger partial charge in [-0.2, -0.15) is 0 Å². The molecular weight excluding hydrogens is 337 g/mol. The number of hydrogen-bond donors (Lipinski definition) is 1. The Balaban J connectivity index is 1.82. The summed E-state index contributed by atoms with van der Waals surface area (Å²) < 4.78 is 5.08. The lowest BCUT2D eigenvalue weighted by Crippen LogP contribution is -2.30. The largest absolute Gasteiger partial charge is 0.459 e. The predicted molar refractivity (Wildman–Crippen MR) is 89.8 cm³/mol. The van der Waals surface area contributed by atoms with Gasteiger partial charge in [-0.05, 0) is 31.2 Å². The molecule has 0 bridgehead atoms. The number of amides is 1. The van der Waals surface area contributed by atoms with Crippen LogP contribution < -0.4 is 5.32 Å². The van der Waals surface area contributed by atoms with Crippen LogP contribution in [0.2, 0.25) is 10.0 Å². The van der Waals surface area contributed by atoms with Crippen LogP contribution in [-0.2, 0) is 16.1 Å². The number of esters is 1. The number of hydrogen-bond acceptors (Lipinski definition) is 3. The number of benzene rings is 2. The maximum atomic E-state index is 11.9. The zero-order chi connectivity index (χ0) is 16.8. The second-order valence-electron chi connectivity index (χ2n) is 4.95. The molecule has 0 spiro atoms. The van der Waals surface area contributed by atoms with Crippen LogP contribution in [0.3, 0.4) is 0 Å². The Hall–Kier alpha value is -2.04. The van der Waals surface area contributed by atoms with Crippen LogP contribution in [0.5, 0.6) is 0 Å². The summed E-state index contributed by atoms with van der Waals surface area (Å²) >= 11 is 11.8. The van der Waals surface area contributed by atoms with E-state index in [4.69, 9.17) is 27.9 Å². The summed E-state index contributed by atoms with van der Waals surface area (Å²) in [6.07, 6.45) is 0. The molecule has 0 fully saturated rings. The molecule has 4 nitrogen and oxygen atoms in total. The van der Waals surface area contributed by atoms with Gasteiger partial charge in [-0.25, -0.2) is 0 Å². The third kappa shape index (κ3) is 5.27. The molecule has 0 radical (unpaired) electrons. The molecule has 1 amide bonds. The van der Waals surface area contributed by atoms with Crippen molar-refractivity contribution in [3.8, 4) is 0 Å². The van der Waals surface area contributed by atoms with E-state index in [0.717, 1.165) is 5.56 Å². The van der Waals surface area contributed by atoms with Gasteiger partial charge in [0.1, 0.15) is 13.2 Å². The first-order valence-corrected chi connectivity index (χ1v) is 7.66. The first-order valence-electron chi connectivity index (χ1n) is 6.90. The molecule has 120 valence electrons. The fourth-order valence-corrected chi connectivity index (χ4v) is 2.35. The van der Waals surface area contributed by atoms with Crippen molar-refractivity contribution in [1.29, 1.82) is 0 Å². The van der Waals surface area contributed by atoms with E-state index >= 15 is 0 Å². The molecule has 0 aromatic heterocycles. The van der Waals surface area contributed by atoms with E-state index in [1.54, 1.807) is 36.4 Å². The average Bonchev–Trinajstić information content (AvgIpc) is 2.51. The number of carbonyl (C=O) groups is 2. The van der Waals surface area contributed by atoms with E-state index in [1.165, 1.54) is 0 Å². The lowest BCUT2D eigenvalue weighted by atomic mass is 10.1. The highest BCUT2D eigenvalue weighted by Crippen LogP contribution is 2.21. The highest BCUT2D eigenvalue weighted by molar-refractivity contribution is 6.35. The van der Waals surface area contributed by atoms with Crippen molar-refractivity contribution in [2.75, 3.05) is 6.54 Å². The van der Waals surface area contributed by atoms with Crippen LogP contribution in [-0.4, -0.2) is 18.4 Å². The van der Waals surface area contributed by atoms with Crippen molar-refractivity contribution in [3.63, 3.8) is 0 Å². The lowest BCUT2D eigenvalue weighted by Gasteiger charge is -2.08. The molecular formula is C17H15Cl2NO3. The maximum absolute atomic E-state index is 11.9. The van der Waals surface area contributed by atoms with Gasteiger partial charge in [-0.1, -0.05) is 47.0 Å². The molecule has 6 heteroatoms. The Morgan fingerprint density at radius 2 is 1.91 bits per heavy atom. The standard InChI is InChI=1S/C17H15Cl2NO3/c1-11-3-2-4-12(7-11)17(22)20-9-16(21)23-10-13-5-6-14(18)8-15(13)19/h2-8H,9-10H2,1H3,(H,20,22). The molecule has 0 unspecified atom stereocenters. The summed E-state index contributed by atoms with van der Waals surface area (Å²) in [5.41, 5.74) is 2.12. The van der Waals surface area contributed by atoms with Crippen LogP contribution in [0.1, 0.15) is 21.5 Å². The van der Waals surface area contributed by atoms with Crippen LogP contribution in [0.15, 0.2) is 42.5 Å². The Bertz CT molecular complexity index is 732. The molecule has 2 aromatic carbocycles. The quantitative estimate of drug-likeness (QED) is 0.834. The summed E-state index contributed by atoms with van der Waals surface area (Å²) in [6, 6.07) is 12.0. The minimum Gasteiger partial charge on any atom is -0.459 e. The highest BCUT2D eigenvalue weighted by Gasteiger charge is 2.10. The molecule has 0 aliphatic rings. The van der Waals surface area contributed by atoms with E-state index in [9.17, 15) is 9.59 Å². The number of carbonyl (C=O) groups excluding carboxylic acids is 2. The summed E-state index contributed by atoms with van der Waals surface area (Å²) in [5.74, 6) is -0.868. The summed E-state index contributed by atoms with van der Waals surface area (Å²) in [4.78, 5) is 23.6. The van der Waals surface area contributed by atoms with Crippen LogP contribution in [0.25, 0.3) is 0 Å². The van der Waals surface area contributed by atoms with Gasteiger partial charge >= 0.3 is 5.97 Å². The summed E-state index contributed by atoms with van der Waals surface area (Å²) in [7, 11) is 0. The number of halogens is 2. The second kappa shape index (κ2) is 7.99. The number of ether oxygens (including phenoxy) is 1. The summed E-state index contributed by atoms with van der Waals surface area (Å²) in [6.45, 7) is 1.70. The zero-order valence-corrected chi connectivity index (χ0v) is 13.9. The molecule has 0 saturated carbocycles. The van der Waals surface area contributed by atoms with E-state index in [0.29, 0.717) is 21.2 Å². The molecule has 2 aromatic rings. The first-order chi connectivity index (χ1) is 11.0. The Morgan fingerprint density at radius 1 is 1.13 bits per heavy atom. The van der Waals surface area contributed by atoms with Crippen molar-refractivity contribution < 1.29 is 14.3 Å². The predicted octanol–water partition coefficient (Wildman–Crippen LogP) is 3.78. The summed E-state index contributed by atoms with van der Waals surface area (Å²) in [5, 5.41) is 3.45. The van der Waals surface area contributed by atoms with Gasteiger partial charge in [0.15, 0.2) is 0 Å². The van der Waals surface area contributed by atoms with Gasteiger partial charge in [-0.15, -0.1) is 0 Å². The second-order valence-corrected chi connectivity index (χ2v) is 5.79. The van der Waals surface area contributed by atoms with Crippen molar-refractivity contribution in [2.45, 2.75) is 13.5 Å². The van der Waals surface area contributed by atoms with Gasteiger partial charge in [0.2, 0.25) is 0 Å². The monoisotopic (exact) mass is 351 g/mol. The molecule has 23 heavy (non-hydrogen) atoms. The van der Waals surface area contributed by atoms with Crippen LogP contribution >= 0.6 is 23.2 Å². The third-order valence-electron chi connectivity index (χ3n) is 3.08. The molecule has 2 rings (SSSR count). The lowest BCUT2D eigenvalue weighted by molar-refractivity contribution is -0.143. The molecule has 0 saturated heterocycles. The fourth-order valence-electron chi connectivity index (χ4n) is 1.89. The number of nitrogens with one attached hydrogen (secondary N) is 1. The van der Waals surface area contributed by atoms with E-state index < -0.39 is 5.97 Å². The van der Waals surface area contributed by atoms with E-state index in [1.807, 2.05) is 13.0 Å². The number of aryl methyl sites for hydroxylation is 1. The topological polar surface area (TPSA) is 55.4 Å². The molecule has 1 N–H and O–H groups in total. The van der Waals surface area contributed by atoms with Gasteiger partial charge in [0, 0.05) is 21.2 Å². The molecule has 0 aliphatic carbocycles. The minimum atomic E-state index is -0.544. The van der Waals surface area contributed by atoms with Crippen molar-refractivity contribution in [1.82, 2.24) is 5.32 Å². The molecule has 0 heterocycles. The Labute approximate surface area is 144 Å². The maximum Gasteiger partial charge on any atom is 0.325 e. The number of rotatable bonds is 5. The molecule has 0 aliphatic heterocycles. The zero-order valence-electron chi connectivity index (χ0n) is 12.4. The van der Waals surface area contributed by atoms with Gasteiger partial charge in [0.25, 0.3) is 5.91 Å². The molecule has 0 atom stereocenters. The minimum absolute atomic E-state index is 0.0230. The van der Waals surface area contributed by atoms with Gasteiger partial charge < -0.3 is 10.1 Å². The van der Waals surface area contributed by atoms with Crippen molar-refractivity contribution in [3.05, 3.63) is 69.2 Å². The Morgan fingerprint density at radius 3 is 2.61 bits per heavy atom. The Kier molecular flexibility index (Phi) is 6.02. The normalized spacial score (nSPS) is 10.2. The first kappa shape index (κ1) is 17.3. The van der Waals surface area contributed by atoms with E-state index in [2.05, 4.69) is 5.32 Å². The fraction of sp³-hybridized carbons (Fsp3) is 0.176. The van der Waals surface area contributed by atoms with E-state index in [-0.39, 0.29) is 19.1 Å². The van der Waals surface area contributed by atoms with Crippen LogP contribution in [0, 0.1) is 6.92 Å². The average molecular weight is 352 g/mol. The van der Waals surface area contributed by atoms with Gasteiger partial charge in [-0.3, -0.25) is 9.59 Å². The van der Waals surface area contributed by atoms with Gasteiger partial charge in [0.05, 0.1) is 0 Å². The van der Waals surface area contributed by atoms with Crippen molar-refractivity contribution in [2.24, 2.45) is 0 Å². The SMILES string of the molecule is Cc1cccc(C(=O)NCC(=O)OCc2ccc(Cl)cc2Cl)c1. The van der Waals surface area contributed by atoms with Crippen LogP contribution in [0.4, 0.5) is 0 Å². The van der Waals surface area contributed by atoms with Crippen molar-refractivity contribution >= 4 is 35.1 Å². The third-order valence-corrected chi connectivity index (χ3v) is 3.66.